The second kappa shape index (κ2) is 7.81. The number of piperidine rings is 1. The van der Waals surface area contributed by atoms with E-state index in [1.165, 1.54) is 16.0 Å². The number of ketones is 1. The molecule has 0 aromatic heterocycles. The first-order chi connectivity index (χ1) is 14.3. The topological polar surface area (TPSA) is 20.3 Å². The van der Waals surface area contributed by atoms with Crippen molar-refractivity contribution in [2.75, 3.05) is 19.6 Å². The second-order valence-electron chi connectivity index (χ2n) is 8.08. The van der Waals surface area contributed by atoms with Crippen molar-refractivity contribution in [2.45, 2.75) is 34.5 Å². The van der Waals surface area contributed by atoms with Gasteiger partial charge in [0.25, 0.3) is 0 Å². The summed E-state index contributed by atoms with van der Waals surface area (Å²) < 4.78 is 0. The average Bonchev–Trinajstić information content (AvgIpc) is 2.88. The summed E-state index contributed by atoms with van der Waals surface area (Å²) in [6.07, 6.45) is 2.86. The Hall–Kier alpha value is -2.36. The van der Waals surface area contributed by atoms with Crippen LogP contribution >= 0.6 is 11.8 Å². The van der Waals surface area contributed by atoms with Crippen molar-refractivity contribution >= 4 is 17.5 Å². The molecule has 146 valence electrons. The smallest absolute Gasteiger partial charge is 0.174 e. The van der Waals surface area contributed by atoms with Crippen LogP contribution in [0.5, 0.6) is 0 Å². The molecule has 0 radical (unpaired) electrons. The molecule has 0 amide bonds. The van der Waals surface area contributed by atoms with E-state index in [1.54, 1.807) is 11.8 Å². The van der Waals surface area contributed by atoms with Gasteiger partial charge in [-0.2, -0.15) is 0 Å². The number of benzene rings is 3. The standard InChI is InChI=1S/C26H25NOS/c28-25-21-10-4-6-12-23(21)29-24-13-7-5-11-22(24)26(25)15-18-27(19-16-26)17-14-20-8-2-1-3-9-20/h1-13H,14-19H2. The number of hydrogen-bond donors (Lipinski definition) is 0. The van der Waals surface area contributed by atoms with Crippen LogP contribution < -0.4 is 0 Å². The van der Waals surface area contributed by atoms with Crippen molar-refractivity contribution in [3.05, 3.63) is 95.6 Å². The van der Waals surface area contributed by atoms with Gasteiger partial charge < -0.3 is 4.90 Å². The maximum absolute atomic E-state index is 13.8. The van der Waals surface area contributed by atoms with Gasteiger partial charge in [0.2, 0.25) is 0 Å². The number of hydrogen-bond acceptors (Lipinski definition) is 3. The summed E-state index contributed by atoms with van der Waals surface area (Å²) in [6, 6.07) is 27.4. The highest BCUT2D eigenvalue weighted by atomic mass is 32.2. The monoisotopic (exact) mass is 399 g/mol. The molecule has 3 heteroatoms. The largest absolute Gasteiger partial charge is 0.303 e. The minimum absolute atomic E-state index is 0.313. The Bertz CT molecular complexity index is 1020. The van der Waals surface area contributed by atoms with E-state index in [0.29, 0.717) is 5.78 Å². The van der Waals surface area contributed by atoms with Gasteiger partial charge in [-0.15, -0.1) is 0 Å². The Morgan fingerprint density at radius 2 is 1.45 bits per heavy atom. The van der Waals surface area contributed by atoms with Crippen LogP contribution in [-0.2, 0) is 11.8 Å². The third kappa shape index (κ3) is 3.43. The molecule has 0 saturated carbocycles. The highest BCUT2D eigenvalue weighted by molar-refractivity contribution is 7.99. The predicted octanol–water partition coefficient (Wildman–Crippen LogP) is 5.61. The number of Topliss-reactive ketones (excluding diaryl/α,β-unsaturated/α-hetero) is 1. The normalized spacial score (nSPS) is 18.1. The van der Waals surface area contributed by atoms with Crippen molar-refractivity contribution in [1.29, 1.82) is 0 Å². The van der Waals surface area contributed by atoms with Crippen molar-refractivity contribution in [3.63, 3.8) is 0 Å². The molecule has 2 aliphatic rings. The van der Waals surface area contributed by atoms with E-state index in [9.17, 15) is 4.79 Å². The molecule has 3 aromatic rings. The minimum atomic E-state index is -0.389. The van der Waals surface area contributed by atoms with Gasteiger partial charge >= 0.3 is 0 Å². The highest BCUT2D eigenvalue weighted by Gasteiger charge is 2.46. The lowest BCUT2D eigenvalue weighted by molar-refractivity contribution is 0.0766. The van der Waals surface area contributed by atoms with E-state index < -0.39 is 0 Å². The van der Waals surface area contributed by atoms with Crippen molar-refractivity contribution in [2.24, 2.45) is 0 Å². The van der Waals surface area contributed by atoms with Crippen LogP contribution in [0.2, 0.25) is 0 Å². The molecule has 1 saturated heterocycles. The van der Waals surface area contributed by atoms with Gasteiger partial charge in [0.1, 0.15) is 0 Å². The van der Waals surface area contributed by atoms with Gasteiger partial charge in [0.15, 0.2) is 5.78 Å². The van der Waals surface area contributed by atoms with Crippen LogP contribution in [0.25, 0.3) is 0 Å². The lowest BCUT2D eigenvalue weighted by Crippen LogP contribution is -2.47. The van der Waals surface area contributed by atoms with Crippen molar-refractivity contribution < 1.29 is 4.79 Å². The Kier molecular flexibility index (Phi) is 5.03. The fraction of sp³-hybridized carbons (Fsp3) is 0.269. The number of rotatable bonds is 3. The lowest BCUT2D eigenvalue weighted by Gasteiger charge is -2.41. The Balaban J connectivity index is 1.42. The SMILES string of the molecule is O=C1c2ccccc2Sc2ccccc2C12CCN(CCc1ccccc1)CC2. The van der Waals surface area contributed by atoms with Crippen LogP contribution in [0.15, 0.2) is 88.7 Å². The quantitative estimate of drug-likeness (QED) is 0.571. The third-order valence-corrected chi connectivity index (χ3v) is 7.61. The number of likely N-dealkylation sites (tertiary alicyclic amines) is 1. The zero-order valence-corrected chi connectivity index (χ0v) is 17.3. The first kappa shape index (κ1) is 18.7. The first-order valence-corrected chi connectivity index (χ1v) is 11.3. The fourth-order valence-corrected chi connectivity index (χ4v) is 5.95. The summed E-state index contributed by atoms with van der Waals surface area (Å²) in [5.74, 6) is 0.313. The van der Waals surface area contributed by atoms with Gasteiger partial charge in [-0.3, -0.25) is 4.79 Å². The molecule has 29 heavy (non-hydrogen) atoms. The molecule has 0 atom stereocenters. The molecule has 2 heterocycles. The zero-order chi connectivity index (χ0) is 19.7. The molecule has 3 aromatic carbocycles. The number of nitrogens with zero attached hydrogens (tertiary/aromatic N) is 1. The molecule has 2 aliphatic heterocycles. The summed E-state index contributed by atoms with van der Waals surface area (Å²) in [4.78, 5) is 18.7. The number of carbonyl (C=O) groups excluding carboxylic acids is 1. The van der Waals surface area contributed by atoms with Crippen LogP contribution in [0.3, 0.4) is 0 Å². The van der Waals surface area contributed by atoms with E-state index in [4.69, 9.17) is 0 Å². The van der Waals surface area contributed by atoms with Gasteiger partial charge in [-0.25, -0.2) is 0 Å². The molecule has 2 nitrogen and oxygen atoms in total. The molecular formula is C26H25NOS. The Labute approximate surface area is 176 Å². The van der Waals surface area contributed by atoms with Gasteiger partial charge in [0, 0.05) is 21.9 Å². The van der Waals surface area contributed by atoms with Crippen molar-refractivity contribution in [3.8, 4) is 0 Å². The van der Waals surface area contributed by atoms with Gasteiger partial charge in [-0.05, 0) is 55.6 Å². The average molecular weight is 400 g/mol. The maximum atomic E-state index is 13.8. The fourth-order valence-electron chi connectivity index (χ4n) is 4.78. The molecule has 1 spiro atoms. The predicted molar refractivity (Wildman–Crippen MR) is 119 cm³/mol. The highest BCUT2D eigenvalue weighted by Crippen LogP contribution is 2.48. The summed E-state index contributed by atoms with van der Waals surface area (Å²) in [6.45, 7) is 3.00. The lowest BCUT2D eigenvalue weighted by atomic mass is 9.68. The summed E-state index contributed by atoms with van der Waals surface area (Å²) in [5.41, 5.74) is 3.12. The van der Waals surface area contributed by atoms with Crippen LogP contribution in [0, 0.1) is 0 Å². The minimum Gasteiger partial charge on any atom is -0.303 e. The summed E-state index contributed by atoms with van der Waals surface area (Å²) in [5, 5.41) is 0. The van der Waals surface area contributed by atoms with Crippen molar-refractivity contribution in [1.82, 2.24) is 4.90 Å². The summed E-state index contributed by atoms with van der Waals surface area (Å²) >= 11 is 1.75. The molecule has 0 bridgehead atoms. The molecule has 0 aliphatic carbocycles. The Morgan fingerprint density at radius 3 is 2.24 bits per heavy atom. The molecular weight excluding hydrogens is 374 g/mol. The van der Waals surface area contributed by atoms with Gasteiger partial charge in [-0.1, -0.05) is 78.5 Å². The van der Waals surface area contributed by atoms with Gasteiger partial charge in [0.05, 0.1) is 5.41 Å². The van der Waals surface area contributed by atoms with Crippen LogP contribution in [-0.4, -0.2) is 30.3 Å². The van der Waals surface area contributed by atoms with Crippen LogP contribution in [0.1, 0.15) is 34.3 Å². The second-order valence-corrected chi connectivity index (χ2v) is 9.17. The van der Waals surface area contributed by atoms with E-state index in [-0.39, 0.29) is 5.41 Å². The Morgan fingerprint density at radius 1 is 0.793 bits per heavy atom. The zero-order valence-electron chi connectivity index (χ0n) is 16.5. The van der Waals surface area contributed by atoms with E-state index in [0.717, 1.165) is 49.4 Å². The first-order valence-electron chi connectivity index (χ1n) is 10.4. The number of fused-ring (bicyclic) bond motifs is 3. The van der Waals surface area contributed by atoms with E-state index in [2.05, 4.69) is 65.6 Å². The summed E-state index contributed by atoms with van der Waals surface area (Å²) in [7, 11) is 0. The van der Waals surface area contributed by atoms with Crippen LogP contribution in [0.4, 0.5) is 0 Å². The molecule has 0 unspecified atom stereocenters. The molecule has 5 rings (SSSR count). The molecule has 1 fully saturated rings. The van der Waals surface area contributed by atoms with E-state index >= 15 is 0 Å². The molecule has 0 N–H and O–H groups in total. The maximum Gasteiger partial charge on any atom is 0.174 e. The number of carbonyl (C=O) groups is 1. The third-order valence-electron chi connectivity index (χ3n) is 6.46. The van der Waals surface area contributed by atoms with E-state index in [1.807, 2.05) is 18.2 Å².